The lowest BCUT2D eigenvalue weighted by Gasteiger charge is -2.52. The van der Waals surface area contributed by atoms with Gasteiger partial charge in [-0.3, -0.25) is 14.6 Å². The highest BCUT2D eigenvalue weighted by atomic mass is 32.1. The molecule has 0 aromatic carbocycles. The van der Waals surface area contributed by atoms with E-state index in [-0.39, 0.29) is 5.91 Å². The van der Waals surface area contributed by atoms with Gasteiger partial charge in [-0.05, 0) is 43.2 Å². The molecule has 0 N–H and O–H groups in total. The lowest BCUT2D eigenvalue weighted by molar-refractivity contribution is -0.148. The van der Waals surface area contributed by atoms with Crippen molar-refractivity contribution in [1.29, 1.82) is 0 Å². The highest BCUT2D eigenvalue weighted by molar-refractivity contribution is 7.13. The molecule has 0 radical (unpaired) electrons. The average Bonchev–Trinajstić information content (AvgIpc) is 3.18. The highest BCUT2D eigenvalue weighted by Gasteiger charge is 2.44. The third kappa shape index (κ3) is 3.32. The summed E-state index contributed by atoms with van der Waals surface area (Å²) < 4.78 is 0. The molecule has 0 saturated carbocycles. The van der Waals surface area contributed by atoms with E-state index < -0.39 is 0 Å². The number of hydrogen-bond donors (Lipinski definition) is 0. The predicted molar refractivity (Wildman–Crippen MR) is 107 cm³/mol. The number of amides is 2. The predicted octanol–water partition coefficient (Wildman–Crippen LogP) is 2.61. The SMILES string of the molecule is O=C(Cc1csc(-c2ccccn2)n1)N1CC2CC(C1)C1CCCC(=O)N1C2. The third-order valence-corrected chi connectivity index (χ3v) is 7.21. The largest absolute Gasteiger partial charge is 0.342 e. The Kier molecular flexibility index (Phi) is 4.62. The first-order chi connectivity index (χ1) is 13.7. The van der Waals surface area contributed by atoms with Gasteiger partial charge in [-0.2, -0.15) is 0 Å². The number of aromatic nitrogens is 2. The summed E-state index contributed by atoms with van der Waals surface area (Å²) in [5, 5.41) is 2.82. The fraction of sp³-hybridized carbons (Fsp3) is 0.524. The monoisotopic (exact) mass is 396 g/mol. The zero-order valence-electron chi connectivity index (χ0n) is 15.8. The molecule has 3 saturated heterocycles. The molecule has 3 aliphatic rings. The number of piperidine rings is 3. The average molecular weight is 397 g/mol. The van der Waals surface area contributed by atoms with Crippen LogP contribution in [-0.4, -0.2) is 57.3 Å². The molecule has 2 aromatic heterocycles. The van der Waals surface area contributed by atoms with Crippen molar-refractivity contribution in [3.63, 3.8) is 0 Å². The molecule has 3 unspecified atom stereocenters. The highest BCUT2D eigenvalue weighted by Crippen LogP contribution is 2.38. The van der Waals surface area contributed by atoms with E-state index in [1.165, 1.54) is 11.3 Å². The standard InChI is InChI=1S/C21H24N4O2S/c26-19-6-3-5-18-15-8-14(11-25(18)19)10-24(12-15)20(27)9-16-13-28-21(23-16)17-4-1-2-7-22-17/h1-2,4,7,13-15,18H,3,5-6,8-12H2. The van der Waals surface area contributed by atoms with E-state index in [1.807, 2.05) is 28.5 Å². The van der Waals surface area contributed by atoms with E-state index in [2.05, 4.69) is 14.9 Å². The summed E-state index contributed by atoms with van der Waals surface area (Å²) in [5.41, 5.74) is 1.67. The molecule has 7 heteroatoms. The van der Waals surface area contributed by atoms with Crippen molar-refractivity contribution >= 4 is 23.2 Å². The summed E-state index contributed by atoms with van der Waals surface area (Å²) in [6, 6.07) is 6.10. The van der Waals surface area contributed by atoms with Crippen LogP contribution in [0.3, 0.4) is 0 Å². The van der Waals surface area contributed by atoms with Crippen molar-refractivity contribution < 1.29 is 9.59 Å². The van der Waals surface area contributed by atoms with Crippen LogP contribution in [-0.2, 0) is 16.0 Å². The van der Waals surface area contributed by atoms with Gasteiger partial charge in [-0.25, -0.2) is 4.98 Å². The number of carbonyl (C=O) groups excluding carboxylic acids is 2. The van der Waals surface area contributed by atoms with E-state index in [0.717, 1.165) is 55.3 Å². The molecule has 3 fully saturated rings. The van der Waals surface area contributed by atoms with Crippen LogP contribution in [0, 0.1) is 11.8 Å². The Morgan fingerprint density at radius 1 is 1.25 bits per heavy atom. The van der Waals surface area contributed by atoms with Crippen LogP contribution < -0.4 is 0 Å². The minimum absolute atomic E-state index is 0.156. The van der Waals surface area contributed by atoms with E-state index >= 15 is 0 Å². The van der Waals surface area contributed by atoms with Crippen molar-refractivity contribution in [3.8, 4) is 10.7 Å². The molecule has 146 valence electrons. The molecule has 28 heavy (non-hydrogen) atoms. The second-order valence-corrected chi connectivity index (χ2v) is 9.06. The lowest BCUT2D eigenvalue weighted by atomic mass is 9.76. The number of nitrogens with zero attached hydrogens (tertiary/aromatic N) is 4. The molecule has 3 aliphatic heterocycles. The van der Waals surface area contributed by atoms with Crippen LogP contribution in [0.25, 0.3) is 10.7 Å². The van der Waals surface area contributed by atoms with Crippen LogP contribution in [0.1, 0.15) is 31.4 Å². The first kappa shape index (κ1) is 17.8. The Hall–Kier alpha value is -2.28. The second-order valence-electron chi connectivity index (χ2n) is 8.20. The summed E-state index contributed by atoms with van der Waals surface area (Å²) in [7, 11) is 0. The molecule has 2 amide bonds. The number of fused-ring (bicyclic) bond motifs is 4. The van der Waals surface area contributed by atoms with Crippen molar-refractivity contribution in [3.05, 3.63) is 35.5 Å². The number of likely N-dealkylation sites (tertiary alicyclic amines) is 1. The van der Waals surface area contributed by atoms with Gasteiger partial charge in [0.05, 0.1) is 17.8 Å². The molecule has 2 aromatic rings. The molecule has 2 bridgehead atoms. The molecule has 0 aliphatic carbocycles. The molecule has 5 rings (SSSR count). The fourth-order valence-electron chi connectivity index (χ4n) is 5.08. The van der Waals surface area contributed by atoms with Gasteiger partial charge >= 0.3 is 0 Å². The number of thiazole rings is 1. The molecule has 3 atom stereocenters. The van der Waals surface area contributed by atoms with Gasteiger partial charge in [-0.1, -0.05) is 6.07 Å². The lowest BCUT2D eigenvalue weighted by Crippen LogP contribution is -2.61. The van der Waals surface area contributed by atoms with Crippen molar-refractivity contribution in [2.75, 3.05) is 19.6 Å². The van der Waals surface area contributed by atoms with Gasteiger partial charge in [0.1, 0.15) is 5.01 Å². The maximum atomic E-state index is 13.0. The van der Waals surface area contributed by atoms with Crippen LogP contribution in [0.15, 0.2) is 29.8 Å². The number of carbonyl (C=O) groups is 2. The van der Waals surface area contributed by atoms with Gasteiger partial charge in [0, 0.05) is 43.7 Å². The van der Waals surface area contributed by atoms with Crippen LogP contribution in [0.4, 0.5) is 0 Å². The van der Waals surface area contributed by atoms with E-state index in [9.17, 15) is 9.59 Å². The smallest absolute Gasteiger partial charge is 0.228 e. The van der Waals surface area contributed by atoms with E-state index in [4.69, 9.17) is 0 Å². The maximum absolute atomic E-state index is 13.0. The third-order valence-electron chi connectivity index (χ3n) is 6.30. The topological polar surface area (TPSA) is 66.4 Å². The zero-order valence-corrected chi connectivity index (χ0v) is 16.6. The minimum atomic E-state index is 0.156. The van der Waals surface area contributed by atoms with Crippen molar-refractivity contribution in [2.24, 2.45) is 11.8 Å². The molecular weight excluding hydrogens is 372 g/mol. The Morgan fingerprint density at radius 2 is 2.18 bits per heavy atom. The van der Waals surface area contributed by atoms with Gasteiger partial charge in [0.25, 0.3) is 0 Å². The molecular formula is C21H24N4O2S. The van der Waals surface area contributed by atoms with Gasteiger partial charge in [-0.15, -0.1) is 11.3 Å². The normalized spacial score (nSPS) is 26.9. The molecule has 0 spiro atoms. The first-order valence-electron chi connectivity index (χ1n) is 10.1. The van der Waals surface area contributed by atoms with E-state index in [0.29, 0.717) is 36.6 Å². The number of hydrogen-bond acceptors (Lipinski definition) is 5. The first-order valence-corrected chi connectivity index (χ1v) is 11.0. The summed E-state index contributed by atoms with van der Waals surface area (Å²) in [4.78, 5) is 38.3. The minimum Gasteiger partial charge on any atom is -0.342 e. The summed E-state index contributed by atoms with van der Waals surface area (Å²) in [5.74, 6) is 1.32. The van der Waals surface area contributed by atoms with Gasteiger partial charge in [0.15, 0.2) is 0 Å². The molecule has 5 heterocycles. The zero-order chi connectivity index (χ0) is 19.1. The number of pyridine rings is 1. The quantitative estimate of drug-likeness (QED) is 0.800. The summed E-state index contributed by atoms with van der Waals surface area (Å²) in [6.07, 6.45) is 6.03. The Labute approximate surface area is 168 Å². The summed E-state index contributed by atoms with van der Waals surface area (Å²) in [6.45, 7) is 2.37. The Balaban J connectivity index is 1.26. The van der Waals surface area contributed by atoms with Crippen molar-refractivity contribution in [1.82, 2.24) is 19.8 Å². The second kappa shape index (κ2) is 7.28. The van der Waals surface area contributed by atoms with Crippen LogP contribution in [0.2, 0.25) is 0 Å². The maximum Gasteiger partial charge on any atom is 0.228 e. The summed E-state index contributed by atoms with van der Waals surface area (Å²) >= 11 is 1.53. The van der Waals surface area contributed by atoms with Gasteiger partial charge < -0.3 is 9.80 Å². The fourth-order valence-corrected chi connectivity index (χ4v) is 5.87. The van der Waals surface area contributed by atoms with E-state index in [1.54, 1.807) is 6.20 Å². The van der Waals surface area contributed by atoms with Gasteiger partial charge in [0.2, 0.25) is 11.8 Å². The van der Waals surface area contributed by atoms with Crippen LogP contribution in [0.5, 0.6) is 0 Å². The molecule has 6 nitrogen and oxygen atoms in total. The Bertz CT molecular complexity index is 884. The van der Waals surface area contributed by atoms with Crippen molar-refractivity contribution in [2.45, 2.75) is 38.1 Å². The Morgan fingerprint density at radius 3 is 3.04 bits per heavy atom. The number of rotatable bonds is 3. The van der Waals surface area contributed by atoms with Crippen LogP contribution >= 0.6 is 11.3 Å².